The van der Waals surface area contributed by atoms with E-state index in [0.29, 0.717) is 6.10 Å². The van der Waals surface area contributed by atoms with Crippen LogP contribution in [0.5, 0.6) is 0 Å². The van der Waals surface area contributed by atoms with E-state index in [4.69, 9.17) is 4.74 Å². The molecule has 1 aliphatic rings. The largest absolute Gasteiger partial charge is 0.378 e. The molecule has 1 fully saturated rings. The van der Waals surface area contributed by atoms with Gasteiger partial charge in [0.1, 0.15) is 5.82 Å². The second kappa shape index (κ2) is 5.07. The van der Waals surface area contributed by atoms with Gasteiger partial charge in [-0.25, -0.2) is 4.98 Å². The molecule has 0 saturated carbocycles. The van der Waals surface area contributed by atoms with E-state index in [9.17, 15) is 0 Å². The molecule has 2 heterocycles. The number of ether oxygens (including phenoxy) is 1. The summed E-state index contributed by atoms with van der Waals surface area (Å²) in [5.74, 6) is 0.979. The summed E-state index contributed by atoms with van der Waals surface area (Å²) in [7, 11) is 0. The van der Waals surface area contributed by atoms with Crippen LogP contribution in [-0.2, 0) is 4.74 Å². The number of aromatic nitrogens is 2. The van der Waals surface area contributed by atoms with Gasteiger partial charge in [0, 0.05) is 32.1 Å². The van der Waals surface area contributed by atoms with Crippen LogP contribution in [0.15, 0.2) is 18.6 Å². The SMILES string of the molecule is CCOC1CCN(c2cnccn2)CC1. The standard InChI is InChI=1S/C11H17N3O/c1-2-15-10-3-7-14(8-4-10)11-9-12-5-6-13-11/h5-6,9-10H,2-4,7-8H2,1H3. The second-order valence-corrected chi connectivity index (χ2v) is 3.71. The minimum Gasteiger partial charge on any atom is -0.378 e. The molecule has 2 rings (SSSR count). The Hall–Kier alpha value is -1.16. The molecule has 0 spiro atoms. The fraction of sp³-hybridized carbons (Fsp3) is 0.636. The van der Waals surface area contributed by atoms with Crippen molar-refractivity contribution in [3.8, 4) is 0 Å². The van der Waals surface area contributed by atoms with Crippen molar-refractivity contribution in [1.29, 1.82) is 0 Å². The molecule has 0 bridgehead atoms. The van der Waals surface area contributed by atoms with Gasteiger partial charge in [-0.3, -0.25) is 4.98 Å². The molecule has 4 heteroatoms. The van der Waals surface area contributed by atoms with Crippen molar-refractivity contribution in [1.82, 2.24) is 9.97 Å². The van der Waals surface area contributed by atoms with E-state index in [1.165, 1.54) is 0 Å². The molecule has 1 saturated heterocycles. The minimum absolute atomic E-state index is 0.433. The Kier molecular flexibility index (Phi) is 3.50. The van der Waals surface area contributed by atoms with Crippen molar-refractivity contribution >= 4 is 5.82 Å². The van der Waals surface area contributed by atoms with E-state index < -0.39 is 0 Å². The van der Waals surface area contributed by atoms with E-state index in [1.807, 2.05) is 6.20 Å². The molecule has 0 unspecified atom stereocenters. The lowest BCUT2D eigenvalue weighted by Crippen LogP contribution is -2.37. The third kappa shape index (κ3) is 2.65. The van der Waals surface area contributed by atoms with E-state index >= 15 is 0 Å². The zero-order chi connectivity index (χ0) is 10.5. The summed E-state index contributed by atoms with van der Waals surface area (Å²) in [5, 5.41) is 0. The Morgan fingerprint density at radius 1 is 1.40 bits per heavy atom. The molecule has 0 aromatic carbocycles. The van der Waals surface area contributed by atoms with E-state index in [0.717, 1.165) is 38.4 Å². The molecule has 1 aliphatic heterocycles. The predicted octanol–water partition coefficient (Wildman–Crippen LogP) is 1.48. The lowest BCUT2D eigenvalue weighted by atomic mass is 10.1. The fourth-order valence-electron chi connectivity index (χ4n) is 1.94. The van der Waals surface area contributed by atoms with Gasteiger partial charge in [-0.1, -0.05) is 0 Å². The predicted molar refractivity (Wildman–Crippen MR) is 58.9 cm³/mol. The van der Waals surface area contributed by atoms with Crippen molar-refractivity contribution in [2.75, 3.05) is 24.6 Å². The number of anilines is 1. The molecular formula is C11H17N3O. The first-order valence-corrected chi connectivity index (χ1v) is 5.52. The Morgan fingerprint density at radius 2 is 2.20 bits per heavy atom. The van der Waals surface area contributed by atoms with Crippen molar-refractivity contribution in [2.24, 2.45) is 0 Å². The third-order valence-corrected chi connectivity index (χ3v) is 2.72. The topological polar surface area (TPSA) is 38.2 Å². The molecule has 0 amide bonds. The zero-order valence-electron chi connectivity index (χ0n) is 9.09. The lowest BCUT2D eigenvalue weighted by molar-refractivity contribution is 0.0458. The average molecular weight is 207 g/mol. The fourth-order valence-corrected chi connectivity index (χ4v) is 1.94. The van der Waals surface area contributed by atoms with Crippen LogP contribution >= 0.6 is 0 Å². The van der Waals surface area contributed by atoms with Crippen molar-refractivity contribution in [3.05, 3.63) is 18.6 Å². The molecule has 1 aromatic heterocycles. The van der Waals surface area contributed by atoms with E-state index in [-0.39, 0.29) is 0 Å². The highest BCUT2D eigenvalue weighted by Crippen LogP contribution is 2.18. The van der Waals surface area contributed by atoms with Gasteiger partial charge in [0.25, 0.3) is 0 Å². The summed E-state index contributed by atoms with van der Waals surface area (Å²) in [6, 6.07) is 0. The molecule has 1 aromatic rings. The molecule has 0 aliphatic carbocycles. The zero-order valence-corrected chi connectivity index (χ0v) is 9.09. The van der Waals surface area contributed by atoms with Crippen molar-refractivity contribution in [2.45, 2.75) is 25.9 Å². The first-order chi connectivity index (χ1) is 7.40. The van der Waals surface area contributed by atoms with Crippen LogP contribution in [0.25, 0.3) is 0 Å². The Morgan fingerprint density at radius 3 is 2.80 bits per heavy atom. The highest BCUT2D eigenvalue weighted by atomic mass is 16.5. The maximum absolute atomic E-state index is 5.60. The highest BCUT2D eigenvalue weighted by Gasteiger charge is 2.19. The smallest absolute Gasteiger partial charge is 0.147 e. The van der Waals surface area contributed by atoms with Gasteiger partial charge in [0.05, 0.1) is 12.3 Å². The molecule has 82 valence electrons. The van der Waals surface area contributed by atoms with Crippen LogP contribution in [-0.4, -0.2) is 35.8 Å². The first kappa shape index (κ1) is 10.4. The van der Waals surface area contributed by atoms with Gasteiger partial charge < -0.3 is 9.64 Å². The van der Waals surface area contributed by atoms with Crippen molar-refractivity contribution < 1.29 is 4.74 Å². The summed E-state index contributed by atoms with van der Waals surface area (Å²) in [4.78, 5) is 10.6. The molecular weight excluding hydrogens is 190 g/mol. The first-order valence-electron chi connectivity index (χ1n) is 5.52. The van der Waals surface area contributed by atoms with Crippen molar-refractivity contribution in [3.63, 3.8) is 0 Å². The van der Waals surface area contributed by atoms with Crippen LogP contribution in [0.4, 0.5) is 5.82 Å². The lowest BCUT2D eigenvalue weighted by Gasteiger charge is -2.32. The minimum atomic E-state index is 0.433. The number of piperidine rings is 1. The summed E-state index contributed by atoms with van der Waals surface area (Å²) in [6.07, 6.45) is 7.87. The van der Waals surface area contributed by atoms with Crippen LogP contribution in [0.1, 0.15) is 19.8 Å². The number of hydrogen-bond donors (Lipinski definition) is 0. The average Bonchev–Trinajstić information content (AvgIpc) is 2.32. The summed E-state index contributed by atoms with van der Waals surface area (Å²) in [5.41, 5.74) is 0. The normalized spacial score (nSPS) is 18.1. The van der Waals surface area contributed by atoms with Crippen LogP contribution in [0, 0.1) is 0 Å². The quantitative estimate of drug-likeness (QED) is 0.752. The van der Waals surface area contributed by atoms with E-state index in [1.54, 1.807) is 12.4 Å². The Balaban J connectivity index is 1.88. The maximum Gasteiger partial charge on any atom is 0.147 e. The number of nitrogens with zero attached hydrogens (tertiary/aromatic N) is 3. The number of hydrogen-bond acceptors (Lipinski definition) is 4. The van der Waals surface area contributed by atoms with E-state index in [2.05, 4.69) is 21.8 Å². The van der Waals surface area contributed by atoms with Gasteiger partial charge in [-0.15, -0.1) is 0 Å². The number of rotatable bonds is 3. The monoisotopic (exact) mass is 207 g/mol. The van der Waals surface area contributed by atoms with Gasteiger partial charge in [-0.2, -0.15) is 0 Å². The van der Waals surface area contributed by atoms with Gasteiger partial charge >= 0.3 is 0 Å². The second-order valence-electron chi connectivity index (χ2n) is 3.71. The molecule has 0 N–H and O–H groups in total. The van der Waals surface area contributed by atoms with Crippen LogP contribution in [0.2, 0.25) is 0 Å². The summed E-state index contributed by atoms with van der Waals surface area (Å²) >= 11 is 0. The molecule has 0 atom stereocenters. The van der Waals surface area contributed by atoms with Crippen LogP contribution < -0.4 is 4.90 Å². The third-order valence-electron chi connectivity index (χ3n) is 2.72. The summed E-state index contributed by atoms with van der Waals surface area (Å²) < 4.78 is 5.60. The Bertz CT molecular complexity index is 283. The molecule has 4 nitrogen and oxygen atoms in total. The van der Waals surface area contributed by atoms with Gasteiger partial charge in [0.2, 0.25) is 0 Å². The van der Waals surface area contributed by atoms with Gasteiger partial charge in [-0.05, 0) is 19.8 Å². The van der Waals surface area contributed by atoms with Gasteiger partial charge in [0.15, 0.2) is 0 Å². The maximum atomic E-state index is 5.60. The molecule has 15 heavy (non-hydrogen) atoms. The highest BCUT2D eigenvalue weighted by molar-refractivity contribution is 5.35. The van der Waals surface area contributed by atoms with Crippen LogP contribution in [0.3, 0.4) is 0 Å². The molecule has 0 radical (unpaired) electrons. The summed E-state index contributed by atoms with van der Waals surface area (Å²) in [6.45, 7) is 4.90. The Labute approximate surface area is 90.3 Å².